The van der Waals surface area contributed by atoms with Gasteiger partial charge in [-0.15, -0.1) is 0 Å². The summed E-state index contributed by atoms with van der Waals surface area (Å²) in [5.74, 6) is 1.22. The van der Waals surface area contributed by atoms with Crippen molar-refractivity contribution in [3.63, 3.8) is 0 Å². The first-order valence-electron chi connectivity index (χ1n) is 7.15. The number of hydrogen-bond donors (Lipinski definition) is 2. The van der Waals surface area contributed by atoms with Gasteiger partial charge in [-0.25, -0.2) is 4.79 Å². The molecule has 2 rings (SSSR count). The lowest BCUT2D eigenvalue weighted by Crippen LogP contribution is -2.30. The Morgan fingerprint density at radius 3 is 3.10 bits per heavy atom. The number of rotatable bonds is 6. The Hall–Kier alpha value is -1.46. The topological polar surface area (TPSA) is 59.6 Å². The second-order valence-electron chi connectivity index (χ2n) is 5.10. The predicted molar refractivity (Wildman–Crippen MR) is 83.2 cm³/mol. The third-order valence-corrected chi connectivity index (χ3v) is 3.74. The molecule has 0 spiro atoms. The highest BCUT2D eigenvalue weighted by Crippen LogP contribution is 2.27. The highest BCUT2D eigenvalue weighted by atomic mass is 35.5. The van der Waals surface area contributed by atoms with E-state index in [1.54, 1.807) is 25.3 Å². The number of halogens is 1. The number of anilines is 1. The lowest BCUT2D eigenvalue weighted by molar-refractivity contribution is 0.184. The number of carbonyl (C=O) groups excluding carboxylic acids is 1. The molecule has 1 heterocycles. The third-order valence-electron chi connectivity index (χ3n) is 3.51. The van der Waals surface area contributed by atoms with E-state index in [4.69, 9.17) is 21.1 Å². The molecule has 6 heteroatoms. The third kappa shape index (κ3) is 5.10. The van der Waals surface area contributed by atoms with Gasteiger partial charge in [-0.2, -0.15) is 0 Å². The maximum Gasteiger partial charge on any atom is 0.319 e. The fourth-order valence-electron chi connectivity index (χ4n) is 2.35. The molecule has 2 N–H and O–H groups in total. The van der Waals surface area contributed by atoms with E-state index in [1.807, 2.05) is 0 Å². The lowest BCUT2D eigenvalue weighted by Gasteiger charge is -2.12. The Labute approximate surface area is 130 Å². The van der Waals surface area contributed by atoms with Crippen molar-refractivity contribution in [1.29, 1.82) is 0 Å². The molecule has 0 bridgehead atoms. The molecule has 1 atom stereocenters. The molecule has 1 unspecified atom stereocenters. The van der Waals surface area contributed by atoms with Crippen molar-refractivity contribution in [2.45, 2.75) is 19.3 Å². The largest absolute Gasteiger partial charge is 0.495 e. The van der Waals surface area contributed by atoms with Gasteiger partial charge in [0.25, 0.3) is 0 Å². The van der Waals surface area contributed by atoms with Crippen LogP contribution in [0.5, 0.6) is 5.75 Å². The summed E-state index contributed by atoms with van der Waals surface area (Å²) in [6.45, 7) is 2.37. The van der Waals surface area contributed by atoms with Crippen molar-refractivity contribution in [3.05, 3.63) is 23.2 Å². The zero-order valence-corrected chi connectivity index (χ0v) is 12.9. The molecule has 0 aromatic heterocycles. The van der Waals surface area contributed by atoms with Crippen LogP contribution in [-0.4, -0.2) is 32.9 Å². The van der Waals surface area contributed by atoms with Crippen LogP contribution in [0.1, 0.15) is 19.3 Å². The lowest BCUT2D eigenvalue weighted by atomic mass is 10.0. The van der Waals surface area contributed by atoms with Gasteiger partial charge < -0.3 is 20.1 Å². The quantitative estimate of drug-likeness (QED) is 0.792. The molecule has 0 aliphatic carbocycles. The molecule has 116 valence electrons. The van der Waals surface area contributed by atoms with Gasteiger partial charge in [0.15, 0.2) is 0 Å². The smallest absolute Gasteiger partial charge is 0.319 e. The molecular weight excluding hydrogens is 292 g/mol. The van der Waals surface area contributed by atoms with Crippen LogP contribution in [0.3, 0.4) is 0 Å². The van der Waals surface area contributed by atoms with Crippen molar-refractivity contribution >= 4 is 23.3 Å². The second kappa shape index (κ2) is 8.10. The van der Waals surface area contributed by atoms with Crippen LogP contribution in [0.15, 0.2) is 18.2 Å². The summed E-state index contributed by atoms with van der Waals surface area (Å²) in [5, 5.41) is 6.13. The maximum atomic E-state index is 11.8. The number of benzene rings is 1. The minimum absolute atomic E-state index is 0.252. The monoisotopic (exact) mass is 312 g/mol. The SMILES string of the molecule is COc1ccc(Cl)cc1NC(=O)NCCCC1CCOC1. The average molecular weight is 313 g/mol. The molecule has 1 aliphatic rings. The van der Waals surface area contributed by atoms with Crippen molar-refractivity contribution < 1.29 is 14.3 Å². The first-order chi connectivity index (χ1) is 10.2. The van der Waals surface area contributed by atoms with Crippen LogP contribution < -0.4 is 15.4 Å². The molecule has 2 amide bonds. The van der Waals surface area contributed by atoms with Crippen molar-refractivity contribution in [2.24, 2.45) is 5.92 Å². The fraction of sp³-hybridized carbons (Fsp3) is 0.533. The van der Waals surface area contributed by atoms with Crippen LogP contribution >= 0.6 is 11.6 Å². The predicted octanol–water partition coefficient (Wildman–Crippen LogP) is 3.29. The van der Waals surface area contributed by atoms with Crippen LogP contribution in [-0.2, 0) is 4.74 Å². The highest BCUT2D eigenvalue weighted by molar-refractivity contribution is 6.31. The van der Waals surface area contributed by atoms with Gasteiger partial charge >= 0.3 is 6.03 Å². The number of amides is 2. The zero-order chi connectivity index (χ0) is 15.1. The summed E-state index contributed by atoms with van der Waals surface area (Å²) in [4.78, 5) is 11.8. The first kappa shape index (κ1) is 15.9. The van der Waals surface area contributed by atoms with E-state index in [9.17, 15) is 4.79 Å². The van der Waals surface area contributed by atoms with E-state index in [0.717, 1.165) is 32.5 Å². The maximum absolute atomic E-state index is 11.8. The Kier molecular flexibility index (Phi) is 6.14. The number of hydrogen-bond acceptors (Lipinski definition) is 3. The van der Waals surface area contributed by atoms with Crippen LogP contribution in [0.2, 0.25) is 5.02 Å². The molecule has 0 radical (unpaired) electrons. The Morgan fingerprint density at radius 2 is 2.38 bits per heavy atom. The number of ether oxygens (including phenoxy) is 2. The molecule has 21 heavy (non-hydrogen) atoms. The summed E-state index contributed by atoms with van der Waals surface area (Å²) in [6.07, 6.45) is 3.17. The molecule has 0 saturated carbocycles. The van der Waals surface area contributed by atoms with Gasteiger partial charge in [0.1, 0.15) is 5.75 Å². The van der Waals surface area contributed by atoms with Crippen LogP contribution in [0.25, 0.3) is 0 Å². The normalized spacial score (nSPS) is 17.5. The molecule has 5 nitrogen and oxygen atoms in total. The van der Waals surface area contributed by atoms with Gasteiger partial charge in [-0.3, -0.25) is 0 Å². The van der Waals surface area contributed by atoms with Crippen molar-refractivity contribution in [3.8, 4) is 5.75 Å². The minimum Gasteiger partial charge on any atom is -0.495 e. The minimum atomic E-state index is -0.252. The van der Waals surface area contributed by atoms with E-state index in [2.05, 4.69) is 10.6 Å². The van der Waals surface area contributed by atoms with E-state index in [-0.39, 0.29) is 6.03 Å². The zero-order valence-electron chi connectivity index (χ0n) is 12.2. The standard InChI is InChI=1S/C15H21ClN2O3/c1-20-14-5-4-12(16)9-13(14)18-15(19)17-7-2-3-11-6-8-21-10-11/h4-5,9,11H,2-3,6-8,10H2,1H3,(H2,17,18,19). The number of methoxy groups -OCH3 is 1. The molecule has 1 aromatic rings. The summed E-state index contributed by atoms with van der Waals surface area (Å²) < 4.78 is 10.5. The first-order valence-corrected chi connectivity index (χ1v) is 7.53. The molecule has 1 fully saturated rings. The summed E-state index contributed by atoms with van der Waals surface area (Å²) in [6, 6.07) is 4.85. The van der Waals surface area contributed by atoms with E-state index >= 15 is 0 Å². The molecular formula is C15H21ClN2O3. The van der Waals surface area contributed by atoms with E-state index in [1.165, 1.54) is 0 Å². The Morgan fingerprint density at radius 1 is 1.52 bits per heavy atom. The molecule has 1 aliphatic heterocycles. The van der Waals surface area contributed by atoms with Gasteiger partial charge in [0.05, 0.1) is 12.8 Å². The number of nitrogens with one attached hydrogen (secondary N) is 2. The van der Waals surface area contributed by atoms with E-state index in [0.29, 0.717) is 28.9 Å². The average Bonchev–Trinajstić information content (AvgIpc) is 2.97. The van der Waals surface area contributed by atoms with Gasteiger partial charge in [-0.1, -0.05) is 11.6 Å². The highest BCUT2D eigenvalue weighted by Gasteiger charge is 2.15. The second-order valence-corrected chi connectivity index (χ2v) is 5.53. The molecule has 1 aromatic carbocycles. The summed E-state index contributed by atoms with van der Waals surface area (Å²) >= 11 is 5.92. The summed E-state index contributed by atoms with van der Waals surface area (Å²) in [5.41, 5.74) is 0.562. The van der Waals surface area contributed by atoms with E-state index < -0.39 is 0 Å². The molecule has 1 saturated heterocycles. The van der Waals surface area contributed by atoms with Crippen LogP contribution in [0, 0.1) is 5.92 Å². The van der Waals surface area contributed by atoms with Crippen LogP contribution in [0.4, 0.5) is 10.5 Å². The van der Waals surface area contributed by atoms with Crippen molar-refractivity contribution in [2.75, 3.05) is 32.2 Å². The Balaban J connectivity index is 1.72. The Bertz CT molecular complexity index is 476. The fourth-order valence-corrected chi connectivity index (χ4v) is 2.52. The van der Waals surface area contributed by atoms with Gasteiger partial charge in [-0.05, 0) is 43.4 Å². The van der Waals surface area contributed by atoms with Gasteiger partial charge in [0.2, 0.25) is 0 Å². The van der Waals surface area contributed by atoms with Gasteiger partial charge in [0, 0.05) is 24.8 Å². The summed E-state index contributed by atoms with van der Waals surface area (Å²) in [7, 11) is 1.55. The number of urea groups is 1. The van der Waals surface area contributed by atoms with Crippen molar-refractivity contribution in [1.82, 2.24) is 5.32 Å². The number of carbonyl (C=O) groups is 1.